The number of anilines is 1. The van der Waals surface area contributed by atoms with Gasteiger partial charge in [0.1, 0.15) is 12.1 Å². The Balaban J connectivity index is 2.16. The molecule has 1 aromatic rings. The molecule has 1 aliphatic heterocycles. The first kappa shape index (κ1) is 11.1. The first-order valence-corrected chi connectivity index (χ1v) is 6.15. The number of hydrogen-bond donors (Lipinski definition) is 1. The SMILES string of the molecule is CCC1(Nc2ncncc2I)CCOC1. The van der Waals surface area contributed by atoms with Crippen molar-refractivity contribution in [1.29, 1.82) is 0 Å². The number of hydrogen-bond acceptors (Lipinski definition) is 4. The van der Waals surface area contributed by atoms with Gasteiger partial charge in [-0.15, -0.1) is 0 Å². The van der Waals surface area contributed by atoms with Crippen LogP contribution >= 0.6 is 22.6 Å². The largest absolute Gasteiger partial charge is 0.379 e. The van der Waals surface area contributed by atoms with E-state index in [-0.39, 0.29) is 5.54 Å². The average molecular weight is 319 g/mol. The zero-order valence-corrected chi connectivity index (χ0v) is 10.8. The molecular formula is C10H14IN3O. The second kappa shape index (κ2) is 4.61. The maximum Gasteiger partial charge on any atom is 0.143 e. The molecule has 2 heterocycles. The van der Waals surface area contributed by atoms with Gasteiger partial charge in [0, 0.05) is 12.8 Å². The highest BCUT2D eigenvalue weighted by Crippen LogP contribution is 2.28. The topological polar surface area (TPSA) is 47.0 Å². The molecule has 5 heteroatoms. The summed E-state index contributed by atoms with van der Waals surface area (Å²) in [5.74, 6) is 0.915. The van der Waals surface area contributed by atoms with E-state index in [1.807, 2.05) is 6.20 Å². The van der Waals surface area contributed by atoms with E-state index in [0.29, 0.717) is 0 Å². The Labute approximate surface area is 103 Å². The molecule has 82 valence electrons. The van der Waals surface area contributed by atoms with Gasteiger partial charge in [-0.25, -0.2) is 9.97 Å². The van der Waals surface area contributed by atoms with E-state index < -0.39 is 0 Å². The lowest BCUT2D eigenvalue weighted by molar-refractivity contribution is 0.181. The van der Waals surface area contributed by atoms with Gasteiger partial charge >= 0.3 is 0 Å². The van der Waals surface area contributed by atoms with Crippen molar-refractivity contribution < 1.29 is 4.74 Å². The molecule has 1 aromatic heterocycles. The lowest BCUT2D eigenvalue weighted by atomic mass is 9.95. The molecule has 1 saturated heterocycles. The fraction of sp³-hybridized carbons (Fsp3) is 0.600. The Hall–Kier alpha value is -0.430. The summed E-state index contributed by atoms with van der Waals surface area (Å²) in [5.41, 5.74) is 0.0638. The lowest BCUT2D eigenvalue weighted by Crippen LogP contribution is -2.38. The van der Waals surface area contributed by atoms with Crippen LogP contribution in [-0.2, 0) is 4.74 Å². The van der Waals surface area contributed by atoms with Crippen LogP contribution in [0, 0.1) is 3.57 Å². The van der Waals surface area contributed by atoms with Gasteiger partial charge in [-0.1, -0.05) is 6.92 Å². The van der Waals surface area contributed by atoms with Crippen LogP contribution in [0.5, 0.6) is 0 Å². The van der Waals surface area contributed by atoms with Gasteiger partial charge in [-0.05, 0) is 35.4 Å². The molecule has 1 aliphatic rings. The summed E-state index contributed by atoms with van der Waals surface area (Å²) >= 11 is 2.24. The smallest absolute Gasteiger partial charge is 0.143 e. The Morgan fingerprint density at radius 2 is 2.53 bits per heavy atom. The number of halogens is 1. The van der Waals surface area contributed by atoms with Crippen molar-refractivity contribution in [3.05, 3.63) is 16.1 Å². The quantitative estimate of drug-likeness (QED) is 0.867. The first-order valence-electron chi connectivity index (χ1n) is 5.07. The molecule has 1 N–H and O–H groups in total. The Morgan fingerprint density at radius 1 is 1.67 bits per heavy atom. The van der Waals surface area contributed by atoms with Gasteiger partial charge in [0.25, 0.3) is 0 Å². The van der Waals surface area contributed by atoms with Crippen LogP contribution in [-0.4, -0.2) is 28.7 Å². The summed E-state index contributed by atoms with van der Waals surface area (Å²) in [4.78, 5) is 8.23. The fourth-order valence-electron chi connectivity index (χ4n) is 1.73. The summed E-state index contributed by atoms with van der Waals surface area (Å²) in [5, 5.41) is 3.49. The lowest BCUT2D eigenvalue weighted by Gasteiger charge is -2.28. The first-order chi connectivity index (χ1) is 7.26. The van der Waals surface area contributed by atoms with Crippen molar-refractivity contribution in [2.45, 2.75) is 25.3 Å². The third-order valence-electron chi connectivity index (χ3n) is 2.83. The maximum atomic E-state index is 5.46. The predicted molar refractivity (Wildman–Crippen MR) is 66.8 cm³/mol. The van der Waals surface area contributed by atoms with Crippen molar-refractivity contribution in [1.82, 2.24) is 9.97 Å². The molecule has 0 aromatic carbocycles. The van der Waals surface area contributed by atoms with Crippen LogP contribution in [0.25, 0.3) is 0 Å². The van der Waals surface area contributed by atoms with Crippen LogP contribution in [0.3, 0.4) is 0 Å². The fourth-order valence-corrected chi connectivity index (χ4v) is 2.16. The molecule has 15 heavy (non-hydrogen) atoms. The molecule has 0 aliphatic carbocycles. The standard InChI is InChI=1S/C10H14IN3O/c1-2-10(3-4-15-6-10)14-9-8(11)5-12-7-13-9/h5,7H,2-4,6H2,1H3,(H,12,13,14). The van der Waals surface area contributed by atoms with E-state index >= 15 is 0 Å². The minimum atomic E-state index is 0.0638. The van der Waals surface area contributed by atoms with Crippen molar-refractivity contribution in [2.24, 2.45) is 0 Å². The number of rotatable bonds is 3. The third kappa shape index (κ3) is 2.39. The van der Waals surface area contributed by atoms with Gasteiger partial charge in [-0.3, -0.25) is 0 Å². The second-order valence-corrected chi connectivity index (χ2v) is 4.94. The molecule has 0 bridgehead atoms. The molecule has 1 fully saturated rings. The van der Waals surface area contributed by atoms with Crippen LogP contribution in [0.15, 0.2) is 12.5 Å². The summed E-state index contributed by atoms with van der Waals surface area (Å²) in [7, 11) is 0. The summed E-state index contributed by atoms with van der Waals surface area (Å²) in [6, 6.07) is 0. The predicted octanol–water partition coefficient (Wildman–Crippen LogP) is 2.06. The monoisotopic (exact) mass is 319 g/mol. The maximum absolute atomic E-state index is 5.46. The number of nitrogens with one attached hydrogen (secondary N) is 1. The van der Waals surface area contributed by atoms with Crippen molar-refractivity contribution in [3.63, 3.8) is 0 Å². The minimum absolute atomic E-state index is 0.0638. The van der Waals surface area contributed by atoms with Crippen molar-refractivity contribution in [3.8, 4) is 0 Å². The number of nitrogens with zero attached hydrogens (tertiary/aromatic N) is 2. The molecule has 2 rings (SSSR count). The zero-order chi connectivity index (χ0) is 10.7. The van der Waals surface area contributed by atoms with E-state index in [2.05, 4.69) is 44.8 Å². The normalized spacial score (nSPS) is 25.5. The molecular weight excluding hydrogens is 305 g/mol. The zero-order valence-electron chi connectivity index (χ0n) is 8.66. The minimum Gasteiger partial charge on any atom is -0.379 e. The highest BCUT2D eigenvalue weighted by atomic mass is 127. The molecule has 1 atom stereocenters. The van der Waals surface area contributed by atoms with Gasteiger partial charge in [0.2, 0.25) is 0 Å². The molecule has 0 saturated carbocycles. The molecule has 0 amide bonds. The van der Waals surface area contributed by atoms with E-state index in [4.69, 9.17) is 4.74 Å². The van der Waals surface area contributed by atoms with E-state index in [1.165, 1.54) is 0 Å². The van der Waals surface area contributed by atoms with E-state index in [1.54, 1.807) is 6.33 Å². The summed E-state index contributed by atoms with van der Waals surface area (Å²) in [6.07, 6.45) is 5.48. The van der Waals surface area contributed by atoms with E-state index in [9.17, 15) is 0 Å². The summed E-state index contributed by atoms with van der Waals surface area (Å²) in [6.45, 7) is 3.78. The van der Waals surface area contributed by atoms with Gasteiger partial charge in [0.05, 0.1) is 15.7 Å². The summed E-state index contributed by atoms with van der Waals surface area (Å²) < 4.78 is 6.51. The van der Waals surface area contributed by atoms with Gasteiger partial charge < -0.3 is 10.1 Å². The Bertz CT molecular complexity index is 339. The van der Waals surface area contributed by atoms with Gasteiger partial charge in [0.15, 0.2) is 0 Å². The van der Waals surface area contributed by atoms with Crippen LogP contribution < -0.4 is 5.32 Å². The molecule has 0 radical (unpaired) electrons. The molecule has 1 unspecified atom stereocenters. The van der Waals surface area contributed by atoms with Crippen LogP contribution in [0.4, 0.5) is 5.82 Å². The third-order valence-corrected chi connectivity index (χ3v) is 3.62. The van der Waals surface area contributed by atoms with E-state index in [0.717, 1.165) is 35.4 Å². The number of aromatic nitrogens is 2. The van der Waals surface area contributed by atoms with Gasteiger partial charge in [-0.2, -0.15) is 0 Å². The van der Waals surface area contributed by atoms with Crippen molar-refractivity contribution in [2.75, 3.05) is 18.5 Å². The average Bonchev–Trinajstić information content (AvgIpc) is 2.71. The molecule has 4 nitrogen and oxygen atoms in total. The second-order valence-electron chi connectivity index (χ2n) is 3.78. The Kier molecular flexibility index (Phi) is 3.40. The molecule has 0 spiro atoms. The number of ether oxygens (including phenoxy) is 1. The highest BCUT2D eigenvalue weighted by molar-refractivity contribution is 14.1. The van der Waals surface area contributed by atoms with Crippen LogP contribution in [0.1, 0.15) is 19.8 Å². The van der Waals surface area contributed by atoms with Crippen LogP contribution in [0.2, 0.25) is 0 Å². The van der Waals surface area contributed by atoms with Crippen molar-refractivity contribution >= 4 is 28.4 Å². The highest BCUT2D eigenvalue weighted by Gasteiger charge is 2.33. The Morgan fingerprint density at radius 3 is 3.13 bits per heavy atom.